The molecule has 1 aliphatic heterocycles. The standard InChI is InChI=1S/C20H17ClF2N4O2S/c21-15-3-1-14(2-4-15)18-6-8-20(25-24-18)26-9-11-27(12-10-26)30(28,29)19-7-5-16(22)13-17(19)23/h1-8,13H,9-12H2. The van der Waals surface area contributed by atoms with Gasteiger partial charge in [-0.15, -0.1) is 10.2 Å². The Morgan fingerprint density at radius 2 is 1.57 bits per heavy atom. The number of anilines is 1. The van der Waals surface area contributed by atoms with Gasteiger partial charge < -0.3 is 4.90 Å². The van der Waals surface area contributed by atoms with Crippen molar-refractivity contribution in [2.75, 3.05) is 31.1 Å². The molecule has 2 aromatic carbocycles. The van der Waals surface area contributed by atoms with Crippen molar-refractivity contribution in [3.05, 3.63) is 71.3 Å². The van der Waals surface area contributed by atoms with E-state index in [2.05, 4.69) is 10.2 Å². The summed E-state index contributed by atoms with van der Waals surface area (Å²) in [5.74, 6) is -1.30. The summed E-state index contributed by atoms with van der Waals surface area (Å²) < 4.78 is 53.6. The normalized spacial score (nSPS) is 15.4. The lowest BCUT2D eigenvalue weighted by atomic mass is 10.1. The van der Waals surface area contributed by atoms with Gasteiger partial charge in [-0.2, -0.15) is 4.31 Å². The van der Waals surface area contributed by atoms with Crippen LogP contribution in [0.5, 0.6) is 0 Å². The maximum absolute atomic E-state index is 14.0. The molecule has 1 aliphatic rings. The van der Waals surface area contributed by atoms with Gasteiger partial charge in [-0.25, -0.2) is 17.2 Å². The maximum atomic E-state index is 14.0. The lowest BCUT2D eigenvalue weighted by Gasteiger charge is -2.34. The van der Waals surface area contributed by atoms with Gasteiger partial charge in [0.1, 0.15) is 16.5 Å². The van der Waals surface area contributed by atoms with Gasteiger partial charge in [-0.05, 0) is 36.4 Å². The van der Waals surface area contributed by atoms with Gasteiger partial charge in [-0.3, -0.25) is 0 Å². The van der Waals surface area contributed by atoms with Crippen LogP contribution in [0.3, 0.4) is 0 Å². The average molecular weight is 451 g/mol. The molecule has 2 heterocycles. The number of hydrogen-bond donors (Lipinski definition) is 0. The van der Waals surface area contributed by atoms with E-state index >= 15 is 0 Å². The fraction of sp³-hybridized carbons (Fsp3) is 0.200. The van der Waals surface area contributed by atoms with Crippen molar-refractivity contribution in [2.45, 2.75) is 4.90 Å². The lowest BCUT2D eigenvalue weighted by molar-refractivity contribution is 0.381. The first-order chi connectivity index (χ1) is 14.3. The van der Waals surface area contributed by atoms with E-state index in [-0.39, 0.29) is 13.1 Å². The summed E-state index contributed by atoms with van der Waals surface area (Å²) >= 11 is 5.90. The Kier molecular flexibility index (Phi) is 5.68. The van der Waals surface area contributed by atoms with E-state index in [9.17, 15) is 17.2 Å². The van der Waals surface area contributed by atoms with Gasteiger partial charge in [0.25, 0.3) is 0 Å². The first kappa shape index (κ1) is 20.6. The number of piperazine rings is 1. The summed E-state index contributed by atoms with van der Waals surface area (Å²) in [6.45, 7) is 1.05. The molecule has 0 amide bonds. The molecule has 0 saturated carbocycles. The van der Waals surface area contributed by atoms with Crippen LogP contribution in [-0.4, -0.2) is 49.1 Å². The molecule has 10 heteroatoms. The van der Waals surface area contributed by atoms with E-state index < -0.39 is 26.6 Å². The zero-order valence-electron chi connectivity index (χ0n) is 15.7. The Balaban J connectivity index is 1.44. The molecule has 0 bridgehead atoms. The van der Waals surface area contributed by atoms with Crippen molar-refractivity contribution in [3.63, 3.8) is 0 Å². The van der Waals surface area contributed by atoms with Gasteiger partial charge >= 0.3 is 0 Å². The smallest absolute Gasteiger partial charge is 0.246 e. The minimum absolute atomic E-state index is 0.153. The Hall–Kier alpha value is -2.62. The van der Waals surface area contributed by atoms with Crippen LogP contribution in [0.2, 0.25) is 5.02 Å². The van der Waals surface area contributed by atoms with Gasteiger partial charge in [0.05, 0.1) is 5.69 Å². The Morgan fingerprint density at radius 3 is 2.17 bits per heavy atom. The minimum atomic E-state index is -4.04. The zero-order chi connectivity index (χ0) is 21.3. The van der Waals surface area contributed by atoms with Crippen LogP contribution >= 0.6 is 11.6 Å². The molecule has 0 radical (unpaired) electrons. The molecule has 0 spiro atoms. The van der Waals surface area contributed by atoms with Crippen molar-refractivity contribution >= 4 is 27.4 Å². The predicted octanol–water partition coefficient (Wildman–Crippen LogP) is 3.59. The highest BCUT2D eigenvalue weighted by Crippen LogP contribution is 2.24. The summed E-state index contributed by atoms with van der Waals surface area (Å²) in [7, 11) is -4.04. The van der Waals surface area contributed by atoms with Crippen LogP contribution in [0, 0.1) is 11.6 Å². The van der Waals surface area contributed by atoms with Gasteiger partial charge in [-0.1, -0.05) is 23.7 Å². The van der Waals surface area contributed by atoms with Crippen molar-refractivity contribution in [1.82, 2.24) is 14.5 Å². The number of nitrogens with zero attached hydrogens (tertiary/aromatic N) is 4. The molecule has 156 valence electrons. The van der Waals surface area contributed by atoms with Crippen LogP contribution in [0.25, 0.3) is 11.3 Å². The van der Waals surface area contributed by atoms with Gasteiger partial charge in [0.15, 0.2) is 5.82 Å². The molecule has 0 unspecified atom stereocenters. The Labute approximate surface area is 177 Å². The molecule has 1 saturated heterocycles. The number of halogens is 3. The largest absolute Gasteiger partial charge is 0.352 e. The molecule has 0 N–H and O–H groups in total. The lowest BCUT2D eigenvalue weighted by Crippen LogP contribution is -2.49. The fourth-order valence-electron chi connectivity index (χ4n) is 3.25. The molecule has 0 aliphatic carbocycles. The van der Waals surface area contributed by atoms with Crippen LogP contribution in [0.1, 0.15) is 0 Å². The van der Waals surface area contributed by atoms with Crippen molar-refractivity contribution in [3.8, 4) is 11.3 Å². The van der Waals surface area contributed by atoms with E-state index in [1.807, 2.05) is 29.2 Å². The molecule has 6 nitrogen and oxygen atoms in total. The Morgan fingerprint density at radius 1 is 0.867 bits per heavy atom. The monoisotopic (exact) mass is 450 g/mol. The van der Waals surface area contributed by atoms with E-state index in [0.29, 0.717) is 35.7 Å². The molecule has 1 aromatic heterocycles. The van der Waals surface area contributed by atoms with Gasteiger partial charge in [0, 0.05) is 42.8 Å². The van der Waals surface area contributed by atoms with E-state index in [1.54, 1.807) is 12.1 Å². The van der Waals surface area contributed by atoms with Crippen molar-refractivity contribution in [1.29, 1.82) is 0 Å². The van der Waals surface area contributed by atoms with Gasteiger partial charge in [0.2, 0.25) is 10.0 Å². The topological polar surface area (TPSA) is 66.4 Å². The second kappa shape index (κ2) is 8.25. The third kappa shape index (κ3) is 4.14. The molecule has 4 rings (SSSR count). The van der Waals surface area contributed by atoms with Crippen LogP contribution < -0.4 is 4.90 Å². The summed E-state index contributed by atoms with van der Waals surface area (Å²) in [5, 5.41) is 9.12. The maximum Gasteiger partial charge on any atom is 0.246 e. The van der Waals surface area contributed by atoms with E-state index in [4.69, 9.17) is 11.6 Å². The third-order valence-electron chi connectivity index (χ3n) is 4.86. The number of rotatable bonds is 4. The number of hydrogen-bond acceptors (Lipinski definition) is 5. The number of sulfonamides is 1. The van der Waals surface area contributed by atoms with Crippen molar-refractivity contribution < 1.29 is 17.2 Å². The van der Waals surface area contributed by atoms with Crippen LogP contribution in [-0.2, 0) is 10.0 Å². The predicted molar refractivity (Wildman–Crippen MR) is 110 cm³/mol. The molecule has 30 heavy (non-hydrogen) atoms. The summed E-state index contributed by atoms with van der Waals surface area (Å²) in [6, 6.07) is 13.4. The molecular weight excluding hydrogens is 434 g/mol. The molecule has 1 fully saturated rings. The molecule has 0 atom stereocenters. The highest BCUT2D eigenvalue weighted by atomic mass is 35.5. The average Bonchev–Trinajstić information content (AvgIpc) is 2.74. The third-order valence-corrected chi connectivity index (χ3v) is 7.05. The van der Waals surface area contributed by atoms with E-state index in [1.165, 1.54) is 4.31 Å². The van der Waals surface area contributed by atoms with E-state index in [0.717, 1.165) is 17.7 Å². The minimum Gasteiger partial charge on any atom is -0.352 e. The molecule has 3 aromatic rings. The summed E-state index contributed by atoms with van der Waals surface area (Å²) in [4.78, 5) is 1.38. The quantitative estimate of drug-likeness (QED) is 0.607. The summed E-state index contributed by atoms with van der Waals surface area (Å²) in [6.07, 6.45) is 0. The van der Waals surface area contributed by atoms with Crippen molar-refractivity contribution in [2.24, 2.45) is 0 Å². The highest BCUT2D eigenvalue weighted by Gasteiger charge is 2.31. The first-order valence-electron chi connectivity index (χ1n) is 9.14. The number of aromatic nitrogens is 2. The van der Waals surface area contributed by atoms with Crippen LogP contribution in [0.15, 0.2) is 59.5 Å². The second-order valence-electron chi connectivity index (χ2n) is 6.75. The zero-order valence-corrected chi connectivity index (χ0v) is 17.2. The Bertz CT molecular complexity index is 1150. The second-order valence-corrected chi connectivity index (χ2v) is 9.09. The summed E-state index contributed by atoms with van der Waals surface area (Å²) in [5.41, 5.74) is 1.58. The SMILES string of the molecule is O=S(=O)(c1ccc(F)cc1F)N1CCN(c2ccc(-c3ccc(Cl)cc3)nn2)CC1. The molecular formula is C20H17ClF2N4O2S. The highest BCUT2D eigenvalue weighted by molar-refractivity contribution is 7.89. The van der Waals surface area contributed by atoms with Crippen LogP contribution in [0.4, 0.5) is 14.6 Å². The number of benzene rings is 2. The fourth-order valence-corrected chi connectivity index (χ4v) is 4.84. The first-order valence-corrected chi connectivity index (χ1v) is 11.0.